The summed E-state index contributed by atoms with van der Waals surface area (Å²) in [5, 5.41) is 12.1. The number of carbonyl (C=O) groups is 1. The van der Waals surface area contributed by atoms with Crippen molar-refractivity contribution in [3.63, 3.8) is 0 Å². The zero-order valence-electron chi connectivity index (χ0n) is 11.2. The van der Waals surface area contributed by atoms with Crippen molar-refractivity contribution in [3.8, 4) is 16.9 Å². The molecule has 108 valence electrons. The number of hydrogen-bond acceptors (Lipinski definition) is 2. The predicted octanol–water partition coefficient (Wildman–Crippen LogP) is 4.10. The predicted molar refractivity (Wildman–Crippen MR) is 80.9 cm³/mol. The molecule has 21 heavy (non-hydrogen) atoms. The first kappa shape index (κ1) is 13.8. The molecule has 0 aromatic heterocycles. The quantitative estimate of drug-likeness (QED) is 0.878. The van der Waals surface area contributed by atoms with Crippen LogP contribution in [0.25, 0.3) is 11.1 Å². The number of ether oxygens (including phenoxy) is 1. The summed E-state index contributed by atoms with van der Waals surface area (Å²) >= 11 is 6.21. The average Bonchev–Trinajstić information content (AvgIpc) is 2.47. The maximum Gasteiger partial charge on any atom is 0.405 e. The number of fused-ring (bicyclic) bond motifs is 1. The first-order valence-electron chi connectivity index (χ1n) is 6.66. The largest absolute Gasteiger partial charge is 0.493 e. The minimum absolute atomic E-state index is 0.230. The van der Waals surface area contributed by atoms with Gasteiger partial charge in [-0.05, 0) is 17.7 Å². The van der Waals surface area contributed by atoms with E-state index in [0.29, 0.717) is 23.8 Å². The van der Waals surface area contributed by atoms with Gasteiger partial charge in [0.15, 0.2) is 0 Å². The molecule has 2 aromatic carbocycles. The van der Waals surface area contributed by atoms with E-state index in [0.717, 1.165) is 16.7 Å². The van der Waals surface area contributed by atoms with Crippen molar-refractivity contribution in [1.29, 1.82) is 0 Å². The third-order valence-electron chi connectivity index (χ3n) is 3.54. The van der Waals surface area contributed by atoms with E-state index in [1.807, 2.05) is 42.5 Å². The zero-order chi connectivity index (χ0) is 14.8. The van der Waals surface area contributed by atoms with Crippen molar-refractivity contribution in [2.24, 2.45) is 0 Å². The Hall–Kier alpha value is -2.20. The molecule has 1 unspecified atom stereocenters. The van der Waals surface area contributed by atoms with Crippen LogP contribution in [-0.4, -0.2) is 17.8 Å². The molecule has 1 heterocycles. The molecule has 4 nitrogen and oxygen atoms in total. The normalized spacial score (nSPS) is 16.7. The van der Waals surface area contributed by atoms with Gasteiger partial charge >= 0.3 is 6.09 Å². The Morgan fingerprint density at radius 2 is 2.10 bits per heavy atom. The Kier molecular flexibility index (Phi) is 3.71. The van der Waals surface area contributed by atoms with Crippen LogP contribution < -0.4 is 10.1 Å². The molecule has 0 saturated carbocycles. The summed E-state index contributed by atoms with van der Waals surface area (Å²) in [5.41, 5.74) is 2.74. The summed E-state index contributed by atoms with van der Waals surface area (Å²) in [7, 11) is 0. The van der Waals surface area contributed by atoms with Crippen molar-refractivity contribution < 1.29 is 14.6 Å². The number of hydrogen-bond donors (Lipinski definition) is 2. The monoisotopic (exact) mass is 303 g/mol. The average molecular weight is 304 g/mol. The van der Waals surface area contributed by atoms with Gasteiger partial charge in [-0.1, -0.05) is 41.9 Å². The second kappa shape index (κ2) is 5.66. The van der Waals surface area contributed by atoms with Crippen LogP contribution in [0.3, 0.4) is 0 Å². The lowest BCUT2D eigenvalue weighted by molar-refractivity contribution is 0.182. The highest BCUT2D eigenvalue weighted by Gasteiger charge is 2.23. The van der Waals surface area contributed by atoms with E-state index in [-0.39, 0.29) is 6.04 Å². The van der Waals surface area contributed by atoms with Gasteiger partial charge in [-0.15, -0.1) is 0 Å². The Morgan fingerprint density at radius 3 is 2.86 bits per heavy atom. The van der Waals surface area contributed by atoms with Crippen molar-refractivity contribution in [2.75, 3.05) is 6.61 Å². The van der Waals surface area contributed by atoms with Gasteiger partial charge in [0.05, 0.1) is 12.6 Å². The number of rotatable bonds is 2. The molecule has 0 fully saturated rings. The summed E-state index contributed by atoms with van der Waals surface area (Å²) in [6.45, 7) is 0.490. The molecule has 2 N–H and O–H groups in total. The van der Waals surface area contributed by atoms with Gasteiger partial charge in [0.1, 0.15) is 5.75 Å². The summed E-state index contributed by atoms with van der Waals surface area (Å²) in [4.78, 5) is 10.8. The van der Waals surface area contributed by atoms with Crippen molar-refractivity contribution >= 4 is 17.7 Å². The van der Waals surface area contributed by atoms with E-state index < -0.39 is 6.09 Å². The second-order valence-electron chi connectivity index (χ2n) is 4.87. The molecular formula is C16H14ClNO3. The maximum atomic E-state index is 10.8. The van der Waals surface area contributed by atoms with E-state index in [1.165, 1.54) is 0 Å². The molecule has 0 radical (unpaired) electrons. The molecular weight excluding hydrogens is 290 g/mol. The van der Waals surface area contributed by atoms with Crippen LogP contribution in [0.5, 0.6) is 5.75 Å². The van der Waals surface area contributed by atoms with Crippen LogP contribution in [-0.2, 0) is 0 Å². The minimum Gasteiger partial charge on any atom is -0.493 e. The lowest BCUT2D eigenvalue weighted by Crippen LogP contribution is -2.30. The smallest absolute Gasteiger partial charge is 0.405 e. The van der Waals surface area contributed by atoms with Gasteiger partial charge in [0.25, 0.3) is 0 Å². The molecule has 0 saturated heterocycles. The summed E-state index contributed by atoms with van der Waals surface area (Å²) in [6.07, 6.45) is -0.395. The van der Waals surface area contributed by atoms with Gasteiger partial charge in [-0.25, -0.2) is 4.79 Å². The minimum atomic E-state index is -1.02. The fraction of sp³-hybridized carbons (Fsp3) is 0.188. The number of benzene rings is 2. The second-order valence-corrected chi connectivity index (χ2v) is 5.28. The Balaban J connectivity index is 1.98. The van der Waals surface area contributed by atoms with Gasteiger partial charge in [-0.3, -0.25) is 0 Å². The Morgan fingerprint density at radius 1 is 1.29 bits per heavy atom. The first-order chi connectivity index (χ1) is 10.1. The molecule has 0 aliphatic carbocycles. The van der Waals surface area contributed by atoms with E-state index >= 15 is 0 Å². The summed E-state index contributed by atoms with van der Waals surface area (Å²) < 4.78 is 5.66. The maximum absolute atomic E-state index is 10.8. The standard InChI is InChI=1S/C16H14ClNO3/c17-13-4-2-1-3-11(13)10-5-6-12-14(18-16(19)20)7-8-21-15(12)9-10/h1-6,9,14,18H,7-8H2,(H,19,20). The van der Waals surface area contributed by atoms with Crippen LogP contribution in [0.2, 0.25) is 5.02 Å². The molecule has 1 aliphatic rings. The van der Waals surface area contributed by atoms with Gasteiger partial charge < -0.3 is 15.2 Å². The fourth-order valence-corrected chi connectivity index (χ4v) is 2.80. The van der Waals surface area contributed by atoms with Crippen molar-refractivity contribution in [1.82, 2.24) is 5.32 Å². The Bertz CT molecular complexity index is 687. The van der Waals surface area contributed by atoms with Crippen LogP contribution in [0.4, 0.5) is 4.79 Å². The molecule has 2 aromatic rings. The lowest BCUT2D eigenvalue weighted by Gasteiger charge is -2.26. The third kappa shape index (κ3) is 2.81. The fourth-order valence-electron chi connectivity index (χ4n) is 2.55. The number of halogens is 1. The first-order valence-corrected chi connectivity index (χ1v) is 7.04. The Labute approximate surface area is 127 Å². The topological polar surface area (TPSA) is 58.6 Å². The summed E-state index contributed by atoms with van der Waals surface area (Å²) in [5.74, 6) is 0.706. The van der Waals surface area contributed by atoms with Gasteiger partial charge in [0, 0.05) is 22.6 Å². The molecule has 1 atom stereocenters. The summed E-state index contributed by atoms with van der Waals surface area (Å²) in [6, 6.07) is 13.1. The van der Waals surface area contributed by atoms with E-state index in [1.54, 1.807) is 0 Å². The highest BCUT2D eigenvalue weighted by molar-refractivity contribution is 6.33. The zero-order valence-corrected chi connectivity index (χ0v) is 11.9. The van der Waals surface area contributed by atoms with Gasteiger partial charge in [0.2, 0.25) is 0 Å². The number of nitrogens with one attached hydrogen (secondary N) is 1. The molecule has 1 aliphatic heterocycles. The van der Waals surface area contributed by atoms with Crippen LogP contribution in [0.1, 0.15) is 18.0 Å². The highest BCUT2D eigenvalue weighted by Crippen LogP contribution is 2.37. The van der Waals surface area contributed by atoms with E-state index in [2.05, 4.69) is 5.32 Å². The van der Waals surface area contributed by atoms with Crippen molar-refractivity contribution in [2.45, 2.75) is 12.5 Å². The molecule has 3 rings (SSSR count). The molecule has 5 heteroatoms. The van der Waals surface area contributed by atoms with Crippen molar-refractivity contribution in [3.05, 3.63) is 53.1 Å². The van der Waals surface area contributed by atoms with Crippen LogP contribution >= 0.6 is 11.6 Å². The highest BCUT2D eigenvalue weighted by atomic mass is 35.5. The molecule has 0 spiro atoms. The van der Waals surface area contributed by atoms with Crippen LogP contribution in [0.15, 0.2) is 42.5 Å². The van der Waals surface area contributed by atoms with Crippen LogP contribution in [0, 0.1) is 0 Å². The van der Waals surface area contributed by atoms with E-state index in [4.69, 9.17) is 21.4 Å². The lowest BCUT2D eigenvalue weighted by atomic mass is 9.96. The van der Waals surface area contributed by atoms with Gasteiger partial charge in [-0.2, -0.15) is 0 Å². The molecule has 0 bridgehead atoms. The van der Waals surface area contributed by atoms with E-state index in [9.17, 15) is 4.79 Å². The number of carboxylic acid groups (broad SMARTS) is 1. The number of amides is 1. The SMILES string of the molecule is O=C(O)NC1CCOc2cc(-c3ccccc3Cl)ccc21. The third-order valence-corrected chi connectivity index (χ3v) is 3.87. The molecule has 1 amide bonds.